The molecule has 1 aromatic rings. The van der Waals surface area contributed by atoms with Gasteiger partial charge >= 0.3 is 0 Å². The maximum absolute atomic E-state index is 12.0. The van der Waals surface area contributed by atoms with Gasteiger partial charge < -0.3 is 11.1 Å². The molecule has 1 aromatic carbocycles. The van der Waals surface area contributed by atoms with E-state index in [9.17, 15) is 14.4 Å². The summed E-state index contributed by atoms with van der Waals surface area (Å²) in [6, 6.07) is 5.18. The minimum Gasteiger partial charge on any atom is -0.399 e. The highest BCUT2D eigenvalue weighted by Gasteiger charge is 2.31. The first kappa shape index (κ1) is 15.0. The van der Waals surface area contributed by atoms with E-state index in [0.717, 1.165) is 10.5 Å². The van der Waals surface area contributed by atoms with Crippen LogP contribution < -0.4 is 11.1 Å². The van der Waals surface area contributed by atoms with Crippen molar-refractivity contribution in [3.8, 4) is 0 Å². The Balaban J connectivity index is 2.03. The van der Waals surface area contributed by atoms with E-state index in [1.54, 1.807) is 18.2 Å². The standard InChI is InChI=1S/C15H19N3O3/c1-9-5-14(20)18(15(21)6-9)8-13(19)17-12-7-11(16)4-3-10(12)2/h3-4,7,9H,5-6,8,16H2,1-2H3,(H,17,19). The fourth-order valence-corrected chi connectivity index (χ4v) is 2.31. The van der Waals surface area contributed by atoms with Gasteiger partial charge in [0.25, 0.3) is 0 Å². The van der Waals surface area contributed by atoms with E-state index < -0.39 is 5.91 Å². The van der Waals surface area contributed by atoms with Gasteiger partial charge in [-0.1, -0.05) is 13.0 Å². The Labute approximate surface area is 123 Å². The number of rotatable bonds is 3. The number of amides is 3. The molecular formula is C15H19N3O3. The lowest BCUT2D eigenvalue weighted by Gasteiger charge is -2.27. The zero-order chi connectivity index (χ0) is 15.6. The van der Waals surface area contributed by atoms with Crippen LogP contribution in [-0.4, -0.2) is 29.2 Å². The molecule has 21 heavy (non-hydrogen) atoms. The van der Waals surface area contributed by atoms with Gasteiger partial charge in [-0.3, -0.25) is 19.3 Å². The lowest BCUT2D eigenvalue weighted by molar-refractivity contribution is -0.151. The van der Waals surface area contributed by atoms with Crippen molar-refractivity contribution in [1.82, 2.24) is 4.90 Å². The fourth-order valence-electron chi connectivity index (χ4n) is 2.31. The third kappa shape index (κ3) is 3.59. The molecule has 1 aliphatic rings. The van der Waals surface area contributed by atoms with Crippen LogP contribution in [0, 0.1) is 12.8 Å². The zero-order valence-corrected chi connectivity index (χ0v) is 12.2. The summed E-state index contributed by atoms with van der Waals surface area (Å²) in [4.78, 5) is 36.7. The van der Waals surface area contributed by atoms with Gasteiger partial charge in [0.1, 0.15) is 6.54 Å². The van der Waals surface area contributed by atoms with Gasteiger partial charge in [-0.2, -0.15) is 0 Å². The number of piperidine rings is 1. The second kappa shape index (κ2) is 5.95. The molecule has 6 heteroatoms. The van der Waals surface area contributed by atoms with Crippen molar-refractivity contribution in [2.75, 3.05) is 17.6 Å². The van der Waals surface area contributed by atoms with Crippen molar-refractivity contribution in [3.05, 3.63) is 23.8 Å². The monoisotopic (exact) mass is 289 g/mol. The van der Waals surface area contributed by atoms with Gasteiger partial charge in [-0.05, 0) is 30.5 Å². The highest BCUT2D eigenvalue weighted by Crippen LogP contribution is 2.20. The third-order valence-electron chi connectivity index (χ3n) is 3.49. The summed E-state index contributed by atoms with van der Waals surface area (Å²) in [6.07, 6.45) is 0.604. The molecule has 112 valence electrons. The summed E-state index contributed by atoms with van der Waals surface area (Å²) in [7, 11) is 0. The molecule has 3 amide bonds. The van der Waals surface area contributed by atoms with Crippen molar-refractivity contribution in [2.24, 2.45) is 5.92 Å². The number of nitrogens with zero attached hydrogens (tertiary/aromatic N) is 1. The Hall–Kier alpha value is -2.37. The molecule has 1 fully saturated rings. The summed E-state index contributed by atoms with van der Waals surface area (Å²) in [5, 5.41) is 2.69. The fraction of sp³-hybridized carbons (Fsp3) is 0.400. The van der Waals surface area contributed by atoms with E-state index in [0.29, 0.717) is 24.2 Å². The van der Waals surface area contributed by atoms with Gasteiger partial charge in [0, 0.05) is 24.2 Å². The second-order valence-electron chi connectivity index (χ2n) is 5.51. The Kier molecular flexibility index (Phi) is 4.26. The van der Waals surface area contributed by atoms with Crippen LogP contribution in [-0.2, 0) is 14.4 Å². The minimum absolute atomic E-state index is 0.0421. The Morgan fingerprint density at radius 3 is 2.57 bits per heavy atom. The number of likely N-dealkylation sites (tertiary alicyclic amines) is 1. The van der Waals surface area contributed by atoms with Crippen LogP contribution in [0.25, 0.3) is 0 Å². The van der Waals surface area contributed by atoms with E-state index in [4.69, 9.17) is 5.73 Å². The molecule has 3 N–H and O–H groups in total. The number of anilines is 2. The molecule has 1 aliphatic heterocycles. The van der Waals surface area contributed by atoms with Crippen LogP contribution in [0.5, 0.6) is 0 Å². The molecule has 2 rings (SSSR count). The van der Waals surface area contributed by atoms with Gasteiger partial charge in [0.15, 0.2) is 0 Å². The Bertz CT molecular complexity index is 580. The van der Waals surface area contributed by atoms with Crippen molar-refractivity contribution in [3.63, 3.8) is 0 Å². The average molecular weight is 289 g/mol. The second-order valence-corrected chi connectivity index (χ2v) is 5.51. The number of hydrogen-bond acceptors (Lipinski definition) is 4. The van der Waals surface area contributed by atoms with Crippen LogP contribution in [0.2, 0.25) is 0 Å². The van der Waals surface area contributed by atoms with Gasteiger partial charge in [-0.25, -0.2) is 0 Å². The molecule has 0 atom stereocenters. The molecule has 0 unspecified atom stereocenters. The minimum atomic E-state index is -0.403. The van der Waals surface area contributed by atoms with E-state index in [1.807, 2.05) is 13.8 Å². The lowest BCUT2D eigenvalue weighted by Crippen LogP contribution is -2.46. The van der Waals surface area contributed by atoms with Crippen LogP contribution in [0.3, 0.4) is 0 Å². The lowest BCUT2D eigenvalue weighted by atomic mass is 9.98. The van der Waals surface area contributed by atoms with Crippen molar-refractivity contribution >= 4 is 29.1 Å². The van der Waals surface area contributed by atoms with Crippen molar-refractivity contribution < 1.29 is 14.4 Å². The van der Waals surface area contributed by atoms with Crippen LogP contribution in [0.4, 0.5) is 11.4 Å². The molecule has 1 heterocycles. The summed E-state index contributed by atoms with van der Waals surface area (Å²) in [5.41, 5.74) is 7.67. The highest BCUT2D eigenvalue weighted by molar-refractivity contribution is 6.03. The topological polar surface area (TPSA) is 92.5 Å². The number of nitrogens with one attached hydrogen (secondary N) is 1. The number of carbonyl (C=O) groups excluding carboxylic acids is 3. The molecule has 1 saturated heterocycles. The first-order chi connectivity index (χ1) is 9.86. The normalized spacial score (nSPS) is 16.2. The van der Waals surface area contributed by atoms with E-state index in [2.05, 4.69) is 5.32 Å². The summed E-state index contributed by atoms with van der Waals surface area (Å²) in [5.74, 6) is -0.947. The quantitative estimate of drug-likeness (QED) is 0.648. The van der Waals surface area contributed by atoms with Gasteiger partial charge in [0.05, 0.1) is 0 Å². The van der Waals surface area contributed by atoms with Crippen molar-refractivity contribution in [1.29, 1.82) is 0 Å². The number of nitrogens with two attached hydrogens (primary N) is 1. The number of hydrogen-bond donors (Lipinski definition) is 2. The van der Waals surface area contributed by atoms with E-state index in [-0.39, 0.29) is 24.3 Å². The maximum Gasteiger partial charge on any atom is 0.244 e. The largest absolute Gasteiger partial charge is 0.399 e. The third-order valence-corrected chi connectivity index (χ3v) is 3.49. The summed E-state index contributed by atoms with van der Waals surface area (Å²) < 4.78 is 0. The zero-order valence-electron chi connectivity index (χ0n) is 12.2. The summed E-state index contributed by atoms with van der Waals surface area (Å²) >= 11 is 0. The molecule has 0 saturated carbocycles. The number of imide groups is 1. The number of benzene rings is 1. The molecule has 0 radical (unpaired) electrons. The molecule has 0 bridgehead atoms. The number of nitrogen functional groups attached to an aromatic ring is 1. The first-order valence-electron chi connectivity index (χ1n) is 6.86. The first-order valence-corrected chi connectivity index (χ1v) is 6.86. The molecule has 0 aliphatic carbocycles. The van der Waals surface area contributed by atoms with Gasteiger partial charge in [0.2, 0.25) is 17.7 Å². The Morgan fingerprint density at radius 2 is 1.95 bits per heavy atom. The molecule has 6 nitrogen and oxygen atoms in total. The van der Waals surface area contributed by atoms with Crippen molar-refractivity contribution in [2.45, 2.75) is 26.7 Å². The van der Waals surface area contributed by atoms with Crippen LogP contribution >= 0.6 is 0 Å². The number of aryl methyl sites for hydroxylation is 1. The van der Waals surface area contributed by atoms with Gasteiger partial charge in [-0.15, -0.1) is 0 Å². The van der Waals surface area contributed by atoms with Crippen LogP contribution in [0.15, 0.2) is 18.2 Å². The predicted octanol–water partition coefficient (Wildman–Crippen LogP) is 1.30. The highest BCUT2D eigenvalue weighted by atomic mass is 16.2. The molecule has 0 aromatic heterocycles. The molecular weight excluding hydrogens is 270 g/mol. The average Bonchev–Trinajstić information content (AvgIpc) is 2.38. The number of carbonyl (C=O) groups is 3. The SMILES string of the molecule is Cc1ccc(N)cc1NC(=O)CN1C(=O)CC(C)CC1=O. The smallest absolute Gasteiger partial charge is 0.244 e. The van der Waals surface area contributed by atoms with E-state index in [1.165, 1.54) is 0 Å². The molecule has 0 spiro atoms. The maximum atomic E-state index is 12.0. The van der Waals surface area contributed by atoms with Crippen LogP contribution in [0.1, 0.15) is 25.3 Å². The predicted molar refractivity (Wildman–Crippen MR) is 79.3 cm³/mol. The Morgan fingerprint density at radius 1 is 1.33 bits per heavy atom. The van der Waals surface area contributed by atoms with E-state index >= 15 is 0 Å². The summed E-state index contributed by atoms with van der Waals surface area (Å²) in [6.45, 7) is 3.44.